The summed E-state index contributed by atoms with van der Waals surface area (Å²) in [5.41, 5.74) is 0. The lowest BCUT2D eigenvalue weighted by Gasteiger charge is -2.28. The Hall–Kier alpha value is -2.32. The molecule has 400 valence electrons. The smallest absolute Gasteiger partial charge is 0.306 e. The highest BCUT2D eigenvalue weighted by Crippen LogP contribution is 2.38. The molecule has 0 aromatic carbocycles. The number of carbonyl (C=O) groups excluding carboxylic acids is 1. The van der Waals surface area contributed by atoms with Gasteiger partial charge in [0.2, 0.25) is 0 Å². The zero-order chi connectivity index (χ0) is 50.5. The summed E-state index contributed by atoms with van der Waals surface area (Å²) in [6.07, 6.45) is 70.6. The fourth-order valence-corrected chi connectivity index (χ4v) is 8.33. The van der Waals surface area contributed by atoms with Crippen molar-refractivity contribution < 1.29 is 37.3 Å². The first-order valence-corrected chi connectivity index (χ1v) is 29.8. The number of carbonyl (C=O) groups is 1. The van der Waals surface area contributed by atoms with Gasteiger partial charge in [-0.15, -0.1) is 0 Å². The lowest BCUT2D eigenvalue weighted by Crippen LogP contribution is -2.37. The summed E-state index contributed by atoms with van der Waals surface area (Å²) >= 11 is 0. The highest BCUT2D eigenvalue weighted by Gasteiger charge is 2.20. The fraction of sp³-hybridized carbons (Fsp3) is 0.750. The Balaban J connectivity index is 4.15. The zero-order valence-corrected chi connectivity index (χ0v) is 46.4. The third-order valence-electron chi connectivity index (χ3n) is 11.9. The quantitative estimate of drug-likeness (QED) is 0.0197. The first-order valence-electron chi connectivity index (χ1n) is 28.3. The summed E-state index contributed by atoms with van der Waals surface area (Å²) < 4.78 is 34.8. The predicted octanol–water partition coefficient (Wildman–Crippen LogP) is 17.3. The summed E-state index contributed by atoms with van der Waals surface area (Å²) in [7, 11) is 1.33. The summed E-state index contributed by atoms with van der Waals surface area (Å²) in [5, 5.41) is 0. The van der Waals surface area contributed by atoms with Crippen molar-refractivity contribution >= 4 is 13.8 Å². The van der Waals surface area contributed by atoms with E-state index in [1.165, 1.54) is 128 Å². The lowest BCUT2D eigenvalue weighted by molar-refractivity contribution is -0.870. The average molecular weight is 986 g/mol. The number of allylic oxidation sites excluding steroid dienone is 14. The van der Waals surface area contributed by atoms with E-state index in [9.17, 15) is 14.3 Å². The van der Waals surface area contributed by atoms with Crippen molar-refractivity contribution in [3.63, 3.8) is 0 Å². The van der Waals surface area contributed by atoms with Crippen LogP contribution in [-0.2, 0) is 27.9 Å². The Morgan fingerprint density at radius 3 is 1.28 bits per heavy atom. The normalized spacial score (nSPS) is 14.1. The Morgan fingerprint density at radius 1 is 0.464 bits per heavy atom. The molecule has 0 N–H and O–H groups in total. The molecule has 0 aromatic heterocycles. The molecule has 0 aliphatic rings. The van der Waals surface area contributed by atoms with Gasteiger partial charge >= 0.3 is 5.97 Å². The van der Waals surface area contributed by atoms with Crippen molar-refractivity contribution in [1.82, 2.24) is 0 Å². The van der Waals surface area contributed by atoms with Crippen molar-refractivity contribution in [3.05, 3.63) is 85.1 Å². The van der Waals surface area contributed by atoms with Crippen LogP contribution in [0.15, 0.2) is 85.1 Å². The van der Waals surface area contributed by atoms with E-state index in [0.717, 1.165) is 83.5 Å². The molecule has 0 saturated carbocycles. The number of nitrogens with zero attached hydrogens (tertiary/aromatic N) is 1. The number of ether oxygens (including phenoxy) is 2. The second kappa shape index (κ2) is 52.0. The number of likely N-dealkylation sites (N-methyl/N-ethyl adjacent to an activating group) is 1. The second-order valence-corrected chi connectivity index (χ2v) is 21.3. The van der Waals surface area contributed by atoms with Crippen LogP contribution in [0.5, 0.6) is 0 Å². The highest BCUT2D eigenvalue weighted by molar-refractivity contribution is 7.45. The van der Waals surface area contributed by atoms with Crippen LogP contribution in [0.3, 0.4) is 0 Å². The molecule has 0 heterocycles. The van der Waals surface area contributed by atoms with Gasteiger partial charge in [-0.1, -0.05) is 221 Å². The maximum Gasteiger partial charge on any atom is 0.306 e. The van der Waals surface area contributed by atoms with Gasteiger partial charge < -0.3 is 27.9 Å². The molecule has 0 amide bonds. The molecular formula is C60H108NO7P. The maximum absolute atomic E-state index is 12.8. The standard InChI is InChI=1S/C60H108NO7P/c1-6-8-10-12-14-16-18-20-22-24-26-28-30-31-32-33-35-37-39-41-43-45-47-49-51-53-60(62)68-59(58-67-69(63,64)66-56-54-61(3,4)5)57-65-55-52-50-48-46-44-42-40-38-36-34-29-27-25-23-21-19-17-15-13-11-9-7-2/h9,11,15,17,21,23-24,26-27,29,36,38,42,44,59H,6-8,10,12-14,16,18-20,22,25,28,30-35,37,39-41,43,45-58H2,1-5H3/b11-9-,17-15-,23-21-,26-24-,29-27-,38-36-,44-42-. The summed E-state index contributed by atoms with van der Waals surface area (Å²) in [6.45, 7) is 5.22. The highest BCUT2D eigenvalue weighted by atomic mass is 31.2. The van der Waals surface area contributed by atoms with Crippen LogP contribution in [0.1, 0.15) is 232 Å². The van der Waals surface area contributed by atoms with Gasteiger partial charge in [0.25, 0.3) is 7.82 Å². The number of phosphoric ester groups is 1. The number of rotatable bonds is 52. The van der Waals surface area contributed by atoms with Gasteiger partial charge in [-0.25, -0.2) is 0 Å². The molecule has 8 nitrogen and oxygen atoms in total. The summed E-state index contributed by atoms with van der Waals surface area (Å²) in [4.78, 5) is 25.3. The molecule has 0 fully saturated rings. The molecule has 0 aromatic rings. The SMILES string of the molecule is CC/C=C\C/C=C\C/C=C\C/C=C\C/C=C\C/C=C\CCCCCOCC(COP(=O)([O-])OCC[N+](C)(C)C)OC(=O)CCCCCCCCCCCCCCC/C=C\CCCCCCCCCC. The van der Waals surface area contributed by atoms with E-state index < -0.39 is 13.9 Å². The van der Waals surface area contributed by atoms with Gasteiger partial charge in [0, 0.05) is 13.0 Å². The van der Waals surface area contributed by atoms with Crippen LogP contribution < -0.4 is 4.89 Å². The van der Waals surface area contributed by atoms with Gasteiger partial charge in [-0.3, -0.25) is 9.36 Å². The van der Waals surface area contributed by atoms with Crippen LogP contribution in [0.25, 0.3) is 0 Å². The Morgan fingerprint density at radius 2 is 0.841 bits per heavy atom. The van der Waals surface area contributed by atoms with Gasteiger partial charge in [-0.05, 0) is 89.9 Å². The lowest BCUT2D eigenvalue weighted by atomic mass is 10.0. The first kappa shape index (κ1) is 66.7. The van der Waals surface area contributed by atoms with Gasteiger partial charge in [0.05, 0.1) is 34.4 Å². The number of unbranched alkanes of at least 4 members (excludes halogenated alkanes) is 24. The van der Waals surface area contributed by atoms with Crippen LogP contribution in [0.2, 0.25) is 0 Å². The molecule has 69 heavy (non-hydrogen) atoms. The maximum atomic E-state index is 12.8. The van der Waals surface area contributed by atoms with Crippen LogP contribution in [-0.4, -0.2) is 70.7 Å². The number of esters is 1. The summed E-state index contributed by atoms with van der Waals surface area (Å²) in [5.74, 6) is -0.346. The molecule has 2 atom stereocenters. The van der Waals surface area contributed by atoms with E-state index in [2.05, 4.69) is 98.9 Å². The topological polar surface area (TPSA) is 94.1 Å². The largest absolute Gasteiger partial charge is 0.756 e. The van der Waals surface area contributed by atoms with Crippen molar-refractivity contribution in [1.29, 1.82) is 0 Å². The van der Waals surface area contributed by atoms with Crippen molar-refractivity contribution in [2.45, 2.75) is 238 Å². The third kappa shape index (κ3) is 56.5. The molecule has 0 spiro atoms. The molecule has 0 rings (SSSR count). The van der Waals surface area contributed by atoms with Gasteiger partial charge in [0.1, 0.15) is 19.3 Å². The number of phosphoric acid groups is 1. The monoisotopic (exact) mass is 986 g/mol. The van der Waals surface area contributed by atoms with Crippen molar-refractivity contribution in [2.24, 2.45) is 0 Å². The molecule has 0 aliphatic carbocycles. The number of hydrogen-bond acceptors (Lipinski definition) is 7. The Kier molecular flexibility index (Phi) is 50.3. The molecular weight excluding hydrogens is 878 g/mol. The van der Waals surface area contributed by atoms with E-state index in [-0.39, 0.29) is 25.8 Å². The molecule has 0 saturated heterocycles. The number of quaternary nitrogens is 1. The third-order valence-corrected chi connectivity index (χ3v) is 12.9. The van der Waals surface area contributed by atoms with Crippen molar-refractivity contribution in [2.75, 3.05) is 54.1 Å². The summed E-state index contributed by atoms with van der Waals surface area (Å²) in [6, 6.07) is 0. The molecule has 0 bridgehead atoms. The fourth-order valence-electron chi connectivity index (χ4n) is 7.60. The predicted molar refractivity (Wildman–Crippen MR) is 295 cm³/mol. The van der Waals surface area contributed by atoms with Crippen LogP contribution in [0.4, 0.5) is 0 Å². The van der Waals surface area contributed by atoms with Crippen LogP contribution >= 0.6 is 7.82 Å². The van der Waals surface area contributed by atoms with E-state index in [1.54, 1.807) is 0 Å². The Bertz CT molecular complexity index is 1380. The molecule has 2 unspecified atom stereocenters. The van der Waals surface area contributed by atoms with E-state index in [1.807, 2.05) is 21.1 Å². The minimum absolute atomic E-state index is 0.0156. The molecule has 9 heteroatoms. The minimum atomic E-state index is -4.55. The average Bonchev–Trinajstić information content (AvgIpc) is 3.31. The first-order chi connectivity index (χ1) is 33.6. The van der Waals surface area contributed by atoms with E-state index >= 15 is 0 Å². The number of hydrogen-bond donors (Lipinski definition) is 0. The Labute approximate surface area is 426 Å². The van der Waals surface area contributed by atoms with E-state index in [0.29, 0.717) is 24.1 Å². The van der Waals surface area contributed by atoms with Gasteiger partial charge in [-0.2, -0.15) is 0 Å². The van der Waals surface area contributed by atoms with Crippen LogP contribution in [0, 0.1) is 0 Å². The van der Waals surface area contributed by atoms with Crippen molar-refractivity contribution in [3.8, 4) is 0 Å². The molecule has 0 aliphatic heterocycles. The molecule has 0 radical (unpaired) electrons. The van der Waals surface area contributed by atoms with E-state index in [4.69, 9.17) is 18.5 Å². The minimum Gasteiger partial charge on any atom is -0.756 e. The second-order valence-electron chi connectivity index (χ2n) is 19.9. The van der Waals surface area contributed by atoms with Gasteiger partial charge in [0.15, 0.2) is 0 Å². The zero-order valence-electron chi connectivity index (χ0n) is 45.5.